The molecule has 116 valence electrons. The first-order valence-electron chi connectivity index (χ1n) is 7.68. The van der Waals surface area contributed by atoms with Gasteiger partial charge in [0.25, 0.3) is 0 Å². The molecular weight excluding hydrogens is 260 g/mol. The number of unbranched alkanes of at least 4 members (excludes halogenated alkanes) is 2. The van der Waals surface area contributed by atoms with Crippen molar-refractivity contribution in [3.05, 3.63) is 55.1 Å². The Hall–Kier alpha value is -1.83. The Morgan fingerprint density at radius 2 is 1.86 bits per heavy atom. The van der Waals surface area contributed by atoms with Gasteiger partial charge >= 0.3 is 5.97 Å². The molecule has 0 aliphatic carbocycles. The minimum atomic E-state index is -0.302. The van der Waals surface area contributed by atoms with E-state index >= 15 is 0 Å². The number of hydrogen-bond acceptors (Lipinski definition) is 2. The topological polar surface area (TPSA) is 26.3 Å². The summed E-state index contributed by atoms with van der Waals surface area (Å²) in [5, 5.41) is 0. The number of ether oxygens (including phenoxy) is 1. The molecule has 0 saturated heterocycles. The maximum absolute atomic E-state index is 10.9. The minimum absolute atomic E-state index is 0.0806. The van der Waals surface area contributed by atoms with Crippen LogP contribution in [0.2, 0.25) is 0 Å². The summed E-state index contributed by atoms with van der Waals surface area (Å²) in [6.07, 6.45) is 8.56. The van der Waals surface area contributed by atoms with Crippen LogP contribution < -0.4 is 0 Å². The third kappa shape index (κ3) is 10.6. The lowest BCUT2D eigenvalue weighted by Crippen LogP contribution is -2.15. The van der Waals surface area contributed by atoms with Crippen molar-refractivity contribution >= 4 is 12.0 Å². The third-order valence-corrected chi connectivity index (χ3v) is 3.07. The molecule has 0 bridgehead atoms. The predicted octanol–water partition coefficient (Wildman–Crippen LogP) is 5.40. The maximum Gasteiger partial charge on any atom is 0.330 e. The zero-order valence-corrected chi connectivity index (χ0v) is 13.4. The van der Waals surface area contributed by atoms with E-state index in [1.54, 1.807) is 0 Å². The summed E-state index contributed by atoms with van der Waals surface area (Å²) >= 11 is 0. The highest BCUT2D eigenvalue weighted by Crippen LogP contribution is 2.10. The predicted molar refractivity (Wildman–Crippen MR) is 91.0 cm³/mol. The average Bonchev–Trinajstić information content (AvgIpc) is 2.55. The Morgan fingerprint density at radius 3 is 2.29 bits per heavy atom. The lowest BCUT2D eigenvalue weighted by Gasteiger charge is -2.14. The molecule has 1 unspecified atom stereocenters. The van der Waals surface area contributed by atoms with E-state index in [-0.39, 0.29) is 12.1 Å². The van der Waals surface area contributed by atoms with Gasteiger partial charge in [0.2, 0.25) is 0 Å². The van der Waals surface area contributed by atoms with Crippen LogP contribution in [0.1, 0.15) is 51.5 Å². The van der Waals surface area contributed by atoms with E-state index in [0.29, 0.717) is 0 Å². The number of benzene rings is 1. The second-order valence-corrected chi connectivity index (χ2v) is 4.78. The van der Waals surface area contributed by atoms with Gasteiger partial charge in [0.05, 0.1) is 0 Å². The largest absolute Gasteiger partial charge is 0.459 e. The molecule has 2 heteroatoms. The molecule has 0 heterocycles. The SMILES string of the molecule is C=CC(=O)OC(CC)CCCCC.C=Cc1ccccc1. The van der Waals surface area contributed by atoms with Gasteiger partial charge in [-0.25, -0.2) is 4.79 Å². The molecule has 1 aromatic carbocycles. The quantitative estimate of drug-likeness (QED) is 0.363. The van der Waals surface area contributed by atoms with Crippen molar-refractivity contribution in [2.75, 3.05) is 0 Å². The highest BCUT2D eigenvalue weighted by atomic mass is 16.5. The highest BCUT2D eigenvalue weighted by molar-refractivity contribution is 5.81. The van der Waals surface area contributed by atoms with Crippen molar-refractivity contribution in [3.8, 4) is 0 Å². The molecule has 0 aliphatic heterocycles. The first-order chi connectivity index (χ1) is 10.2. The van der Waals surface area contributed by atoms with Crippen LogP contribution in [0.5, 0.6) is 0 Å². The van der Waals surface area contributed by atoms with Crippen LogP contribution in [0.25, 0.3) is 6.08 Å². The highest BCUT2D eigenvalue weighted by Gasteiger charge is 2.08. The smallest absolute Gasteiger partial charge is 0.330 e. The van der Waals surface area contributed by atoms with Crippen LogP contribution in [-0.2, 0) is 9.53 Å². The number of esters is 1. The first-order valence-corrected chi connectivity index (χ1v) is 7.68. The van der Waals surface area contributed by atoms with E-state index in [1.165, 1.54) is 24.5 Å². The van der Waals surface area contributed by atoms with E-state index in [2.05, 4.69) is 20.1 Å². The Bertz CT molecular complexity index is 395. The molecule has 0 aliphatic rings. The van der Waals surface area contributed by atoms with Crippen molar-refractivity contribution in [2.24, 2.45) is 0 Å². The molecule has 0 saturated carbocycles. The summed E-state index contributed by atoms with van der Waals surface area (Å²) in [7, 11) is 0. The van der Waals surface area contributed by atoms with Gasteiger partial charge in [-0.05, 0) is 24.8 Å². The zero-order chi connectivity index (χ0) is 15.9. The summed E-state index contributed by atoms with van der Waals surface area (Å²) in [5.41, 5.74) is 1.17. The van der Waals surface area contributed by atoms with Crippen LogP contribution in [-0.4, -0.2) is 12.1 Å². The monoisotopic (exact) mass is 288 g/mol. The van der Waals surface area contributed by atoms with Gasteiger partial charge in [-0.3, -0.25) is 0 Å². The van der Waals surface area contributed by atoms with Gasteiger partial charge in [0.1, 0.15) is 6.10 Å². The van der Waals surface area contributed by atoms with E-state index in [0.717, 1.165) is 19.3 Å². The standard InChI is InChI=1S/C11H20O2.C8H8/c1-4-7-8-9-10(5-2)13-11(12)6-3;1-2-8-6-4-3-5-7-8/h6,10H,3-5,7-9H2,1-2H3;2-7H,1H2. The Labute approximate surface area is 129 Å². The summed E-state index contributed by atoms with van der Waals surface area (Å²) in [6, 6.07) is 10.0. The van der Waals surface area contributed by atoms with Crippen LogP contribution in [0.15, 0.2) is 49.6 Å². The van der Waals surface area contributed by atoms with Crippen LogP contribution in [0.3, 0.4) is 0 Å². The maximum atomic E-state index is 10.9. The molecule has 0 radical (unpaired) electrons. The molecule has 0 spiro atoms. The second-order valence-electron chi connectivity index (χ2n) is 4.78. The summed E-state index contributed by atoms with van der Waals surface area (Å²) in [5.74, 6) is -0.302. The van der Waals surface area contributed by atoms with Crippen molar-refractivity contribution in [2.45, 2.75) is 52.1 Å². The first kappa shape index (κ1) is 19.2. The number of carbonyl (C=O) groups is 1. The molecule has 1 atom stereocenters. The van der Waals surface area contributed by atoms with Crippen molar-refractivity contribution in [1.29, 1.82) is 0 Å². The van der Waals surface area contributed by atoms with Crippen molar-refractivity contribution in [3.63, 3.8) is 0 Å². The molecule has 0 aromatic heterocycles. The molecule has 0 N–H and O–H groups in total. The summed E-state index contributed by atoms with van der Waals surface area (Å²) in [6.45, 7) is 11.2. The molecule has 0 fully saturated rings. The molecule has 1 aromatic rings. The molecule has 1 rings (SSSR count). The van der Waals surface area contributed by atoms with Crippen LogP contribution >= 0.6 is 0 Å². The van der Waals surface area contributed by atoms with Gasteiger partial charge in [-0.15, -0.1) is 0 Å². The summed E-state index contributed by atoms with van der Waals surface area (Å²) in [4.78, 5) is 10.9. The van der Waals surface area contributed by atoms with Gasteiger partial charge in [0, 0.05) is 6.08 Å². The molecule has 2 nitrogen and oxygen atoms in total. The Kier molecular flexibility index (Phi) is 12.0. The van der Waals surface area contributed by atoms with Crippen molar-refractivity contribution < 1.29 is 9.53 Å². The average molecular weight is 288 g/mol. The van der Waals surface area contributed by atoms with E-state index in [1.807, 2.05) is 43.3 Å². The van der Waals surface area contributed by atoms with E-state index < -0.39 is 0 Å². The minimum Gasteiger partial charge on any atom is -0.459 e. The Balaban J connectivity index is 0.000000423. The van der Waals surface area contributed by atoms with Crippen molar-refractivity contribution in [1.82, 2.24) is 0 Å². The summed E-state index contributed by atoms with van der Waals surface area (Å²) < 4.78 is 5.14. The fourth-order valence-corrected chi connectivity index (χ4v) is 1.77. The van der Waals surface area contributed by atoms with Crippen LogP contribution in [0.4, 0.5) is 0 Å². The van der Waals surface area contributed by atoms with Gasteiger partial charge in [0.15, 0.2) is 0 Å². The number of carbonyl (C=O) groups excluding carboxylic acids is 1. The third-order valence-electron chi connectivity index (χ3n) is 3.07. The lowest BCUT2D eigenvalue weighted by atomic mass is 10.1. The van der Waals surface area contributed by atoms with Gasteiger partial charge in [-0.2, -0.15) is 0 Å². The lowest BCUT2D eigenvalue weighted by molar-refractivity contribution is -0.143. The number of rotatable bonds is 8. The molecular formula is C19H28O2. The zero-order valence-electron chi connectivity index (χ0n) is 13.4. The van der Waals surface area contributed by atoms with E-state index in [4.69, 9.17) is 4.74 Å². The normalized spacial score (nSPS) is 10.8. The second kappa shape index (κ2) is 13.2. The van der Waals surface area contributed by atoms with Gasteiger partial charge < -0.3 is 4.74 Å². The van der Waals surface area contributed by atoms with Gasteiger partial charge in [-0.1, -0.05) is 76.3 Å². The fraction of sp³-hybridized carbons (Fsp3) is 0.421. The Morgan fingerprint density at radius 1 is 1.19 bits per heavy atom. The molecule has 0 amide bonds. The van der Waals surface area contributed by atoms with Crippen LogP contribution in [0, 0.1) is 0 Å². The fourth-order valence-electron chi connectivity index (χ4n) is 1.77. The van der Waals surface area contributed by atoms with E-state index in [9.17, 15) is 4.79 Å². The number of hydrogen-bond donors (Lipinski definition) is 0. The molecule has 21 heavy (non-hydrogen) atoms.